The molecule has 0 heterocycles. The minimum absolute atomic E-state index is 0.382. The molecule has 0 unspecified atom stereocenters. The van der Waals surface area contributed by atoms with Gasteiger partial charge < -0.3 is 5.11 Å². The number of halogens is 7. The van der Waals surface area contributed by atoms with Crippen molar-refractivity contribution in [2.75, 3.05) is 0 Å². The van der Waals surface area contributed by atoms with Gasteiger partial charge in [0.15, 0.2) is 0 Å². The van der Waals surface area contributed by atoms with Crippen molar-refractivity contribution in [3.63, 3.8) is 0 Å². The molecule has 0 bridgehead atoms. The van der Waals surface area contributed by atoms with Crippen LogP contribution >= 0.6 is 0 Å². The van der Waals surface area contributed by atoms with E-state index in [1.165, 1.54) is 0 Å². The summed E-state index contributed by atoms with van der Waals surface area (Å²) in [6.45, 7) is 1.83. The topological polar surface area (TPSA) is 20.2 Å². The Morgan fingerprint density at radius 1 is 0.944 bits per heavy atom. The Hall–Kier alpha value is -1.21. The van der Waals surface area contributed by atoms with Gasteiger partial charge in [0.05, 0.1) is 12.2 Å². The summed E-state index contributed by atoms with van der Waals surface area (Å²) in [4.78, 5) is 0. The Bertz CT molecular complexity index is 348. The molecule has 0 atom stereocenters. The summed E-state index contributed by atoms with van der Waals surface area (Å²) >= 11 is 0. The Morgan fingerprint density at radius 2 is 1.39 bits per heavy atom. The Balaban J connectivity index is 5.08. The van der Waals surface area contributed by atoms with Crippen molar-refractivity contribution < 1.29 is 35.8 Å². The molecule has 0 saturated heterocycles. The quantitative estimate of drug-likeness (QED) is 0.452. The summed E-state index contributed by atoms with van der Waals surface area (Å²) in [7, 11) is 0. The zero-order valence-electron chi connectivity index (χ0n) is 9.45. The second kappa shape index (κ2) is 5.19. The third-order valence-electron chi connectivity index (χ3n) is 2.01. The van der Waals surface area contributed by atoms with Crippen LogP contribution in [0.5, 0.6) is 0 Å². The highest BCUT2D eigenvalue weighted by atomic mass is 19.4. The van der Waals surface area contributed by atoms with Gasteiger partial charge in [-0.3, -0.25) is 0 Å². The first-order valence-corrected chi connectivity index (χ1v) is 4.66. The van der Waals surface area contributed by atoms with Crippen molar-refractivity contribution in [3.8, 4) is 0 Å². The van der Waals surface area contributed by atoms with Crippen LogP contribution < -0.4 is 0 Å². The number of rotatable bonds is 4. The monoisotopic (exact) mass is 280 g/mol. The van der Waals surface area contributed by atoms with Crippen LogP contribution in [0.1, 0.15) is 20.3 Å². The molecule has 18 heavy (non-hydrogen) atoms. The first kappa shape index (κ1) is 16.8. The highest BCUT2D eigenvalue weighted by Crippen LogP contribution is 2.44. The van der Waals surface area contributed by atoms with Gasteiger partial charge >= 0.3 is 12.1 Å². The Kier molecular flexibility index (Phi) is 4.84. The van der Waals surface area contributed by atoms with E-state index < -0.39 is 30.0 Å². The molecular formula is C10H11F7O. The third kappa shape index (κ3) is 4.58. The van der Waals surface area contributed by atoms with Crippen LogP contribution in [0.3, 0.4) is 0 Å². The molecule has 0 aliphatic carbocycles. The molecule has 106 valence electrons. The molecule has 0 amide bonds. The molecule has 0 aromatic carbocycles. The zero-order chi connectivity index (χ0) is 14.8. The van der Waals surface area contributed by atoms with Crippen molar-refractivity contribution in [3.05, 3.63) is 23.5 Å². The van der Waals surface area contributed by atoms with Gasteiger partial charge in [-0.2, -0.15) is 22.0 Å². The van der Waals surface area contributed by atoms with Crippen molar-refractivity contribution in [1.82, 2.24) is 0 Å². The second-order valence-corrected chi connectivity index (χ2v) is 3.74. The van der Waals surface area contributed by atoms with Gasteiger partial charge in [0.25, 0.3) is 5.92 Å². The minimum atomic E-state index is -6.03. The van der Waals surface area contributed by atoms with Gasteiger partial charge in [0.1, 0.15) is 0 Å². The largest absolute Gasteiger partial charge is 0.513 e. The molecule has 0 aromatic rings. The van der Waals surface area contributed by atoms with Gasteiger partial charge in [-0.15, -0.1) is 0 Å². The minimum Gasteiger partial charge on any atom is -0.513 e. The molecular weight excluding hydrogens is 269 g/mol. The van der Waals surface area contributed by atoms with E-state index in [1.54, 1.807) is 0 Å². The van der Waals surface area contributed by atoms with E-state index in [0.717, 1.165) is 13.0 Å². The van der Waals surface area contributed by atoms with Crippen molar-refractivity contribution in [2.24, 2.45) is 0 Å². The van der Waals surface area contributed by atoms with Gasteiger partial charge in [-0.1, -0.05) is 6.08 Å². The number of hydrogen-bond donors (Lipinski definition) is 1. The molecule has 0 fully saturated rings. The third-order valence-corrected chi connectivity index (χ3v) is 2.01. The molecule has 0 aliphatic rings. The predicted molar refractivity (Wildman–Crippen MR) is 50.7 cm³/mol. The Morgan fingerprint density at radius 3 is 1.72 bits per heavy atom. The van der Waals surface area contributed by atoms with Crippen molar-refractivity contribution in [1.29, 1.82) is 0 Å². The van der Waals surface area contributed by atoms with Crippen LogP contribution in [-0.4, -0.2) is 23.1 Å². The van der Waals surface area contributed by atoms with E-state index in [2.05, 4.69) is 0 Å². The summed E-state index contributed by atoms with van der Waals surface area (Å²) in [5.74, 6) is -10.2. The molecule has 1 nitrogen and oxygen atoms in total. The maximum Gasteiger partial charge on any atom is 0.453 e. The SMILES string of the molecule is C/C(O)=C/C=C(\C)C(F)(F)CC(F)(F)C(F)(F)F. The lowest BCUT2D eigenvalue weighted by Crippen LogP contribution is -2.42. The molecule has 0 aliphatic heterocycles. The number of allylic oxidation sites excluding steroid dienone is 4. The van der Waals surface area contributed by atoms with E-state index in [1.807, 2.05) is 0 Å². The first-order chi connectivity index (χ1) is 7.79. The number of hydrogen-bond acceptors (Lipinski definition) is 1. The van der Waals surface area contributed by atoms with Gasteiger partial charge in [-0.05, 0) is 25.5 Å². The molecule has 0 rings (SSSR count). The lowest BCUT2D eigenvalue weighted by atomic mass is 10.0. The van der Waals surface area contributed by atoms with Gasteiger partial charge in [0.2, 0.25) is 0 Å². The fraction of sp³-hybridized carbons (Fsp3) is 0.600. The molecule has 0 saturated carbocycles. The fourth-order valence-corrected chi connectivity index (χ4v) is 0.886. The Labute approximate surface area is 98.6 Å². The van der Waals surface area contributed by atoms with Crippen molar-refractivity contribution >= 4 is 0 Å². The summed E-state index contributed by atoms with van der Waals surface area (Å²) in [6, 6.07) is 0. The van der Waals surface area contributed by atoms with Crippen LogP contribution in [0.4, 0.5) is 30.7 Å². The maximum absolute atomic E-state index is 13.1. The molecule has 0 spiro atoms. The lowest BCUT2D eigenvalue weighted by molar-refractivity contribution is -0.297. The van der Waals surface area contributed by atoms with E-state index in [4.69, 9.17) is 5.11 Å². The summed E-state index contributed by atoms with van der Waals surface area (Å²) < 4.78 is 86.6. The maximum atomic E-state index is 13.1. The van der Waals surface area contributed by atoms with Gasteiger partial charge in [-0.25, -0.2) is 8.78 Å². The highest BCUT2D eigenvalue weighted by Gasteiger charge is 2.61. The summed E-state index contributed by atoms with van der Waals surface area (Å²) in [5, 5.41) is 8.67. The standard InChI is InChI=1S/C10H11F7O/c1-6(3-4-7(2)18)8(11,12)5-9(13,14)10(15,16)17/h3-4,18H,5H2,1-2H3/b6-3+,7-4-. The molecule has 0 aromatic heterocycles. The van der Waals surface area contributed by atoms with Crippen LogP contribution in [0.25, 0.3) is 0 Å². The fourth-order valence-electron chi connectivity index (χ4n) is 0.886. The van der Waals surface area contributed by atoms with Crippen LogP contribution in [0.2, 0.25) is 0 Å². The van der Waals surface area contributed by atoms with Gasteiger partial charge in [0, 0.05) is 0 Å². The second-order valence-electron chi connectivity index (χ2n) is 3.74. The van der Waals surface area contributed by atoms with Crippen LogP contribution in [-0.2, 0) is 0 Å². The van der Waals surface area contributed by atoms with Crippen LogP contribution in [0.15, 0.2) is 23.5 Å². The molecule has 1 N–H and O–H groups in total. The smallest absolute Gasteiger partial charge is 0.453 e. The highest BCUT2D eigenvalue weighted by molar-refractivity contribution is 5.19. The average molecular weight is 280 g/mol. The van der Waals surface area contributed by atoms with Crippen molar-refractivity contribution in [2.45, 2.75) is 38.3 Å². The van der Waals surface area contributed by atoms with E-state index in [0.29, 0.717) is 13.0 Å². The molecule has 8 heteroatoms. The zero-order valence-corrected chi connectivity index (χ0v) is 9.45. The molecule has 0 radical (unpaired) electrons. The summed E-state index contributed by atoms with van der Waals surface area (Å²) in [6.07, 6.45) is -7.33. The predicted octanol–water partition coefficient (Wildman–Crippen LogP) is 4.62. The normalized spacial score (nSPS) is 16.1. The van der Waals surface area contributed by atoms with Crippen LogP contribution in [0, 0.1) is 0 Å². The number of alkyl halides is 7. The number of aliphatic hydroxyl groups excluding tert-OH is 1. The summed E-state index contributed by atoms with van der Waals surface area (Å²) in [5.41, 5.74) is -1.00. The van der Waals surface area contributed by atoms with E-state index >= 15 is 0 Å². The lowest BCUT2D eigenvalue weighted by Gasteiger charge is -2.25. The van der Waals surface area contributed by atoms with E-state index in [9.17, 15) is 30.7 Å². The number of aliphatic hydroxyl groups is 1. The average Bonchev–Trinajstić information content (AvgIpc) is 2.10. The van der Waals surface area contributed by atoms with E-state index in [-0.39, 0.29) is 5.76 Å². The first-order valence-electron chi connectivity index (χ1n) is 4.66.